The average Bonchev–Trinajstić information content (AvgIpc) is 2.58. The van der Waals surface area contributed by atoms with Gasteiger partial charge in [-0.15, -0.1) is 0 Å². The Morgan fingerprint density at radius 2 is 1.88 bits per heavy atom. The van der Waals surface area contributed by atoms with E-state index in [-0.39, 0.29) is 5.57 Å². The number of amides is 2. The van der Waals surface area contributed by atoms with E-state index >= 15 is 0 Å². The van der Waals surface area contributed by atoms with Gasteiger partial charge in [0, 0.05) is 26.7 Å². The van der Waals surface area contributed by atoms with Gasteiger partial charge in [-0.3, -0.25) is 9.59 Å². The molecule has 0 atom stereocenters. The van der Waals surface area contributed by atoms with E-state index in [9.17, 15) is 9.59 Å². The van der Waals surface area contributed by atoms with Crippen LogP contribution in [0, 0.1) is 21.8 Å². The van der Waals surface area contributed by atoms with Crippen molar-refractivity contribution >= 4 is 45.8 Å². The molecule has 0 radical (unpaired) electrons. The Kier molecular flexibility index (Phi) is 6.14. The minimum Gasteiger partial charge on any atom is -0.399 e. The third-order valence-corrected chi connectivity index (χ3v) is 3.99. The van der Waals surface area contributed by atoms with Crippen molar-refractivity contribution in [1.82, 2.24) is 5.32 Å². The van der Waals surface area contributed by atoms with Crippen molar-refractivity contribution in [3.63, 3.8) is 0 Å². The Bertz CT molecular complexity index is 883. The molecule has 0 saturated carbocycles. The van der Waals surface area contributed by atoms with Crippen LogP contribution in [0.5, 0.6) is 0 Å². The van der Waals surface area contributed by atoms with Crippen LogP contribution >= 0.6 is 22.6 Å². The molecule has 0 unspecified atom stereocenters. The van der Waals surface area contributed by atoms with Crippen LogP contribution < -0.4 is 16.4 Å². The van der Waals surface area contributed by atoms with Crippen molar-refractivity contribution in [2.45, 2.75) is 6.92 Å². The molecule has 0 aromatic heterocycles. The van der Waals surface area contributed by atoms with Crippen LogP contribution in [0.15, 0.2) is 54.2 Å². The Morgan fingerprint density at radius 1 is 1.20 bits per heavy atom. The fourth-order valence-electron chi connectivity index (χ4n) is 1.96. The summed E-state index contributed by atoms with van der Waals surface area (Å²) in [5.41, 5.74) is 7.76. The molecule has 0 aliphatic carbocycles. The second-order valence-corrected chi connectivity index (χ2v) is 6.42. The highest BCUT2D eigenvalue weighted by molar-refractivity contribution is 14.1. The van der Waals surface area contributed by atoms with Crippen molar-refractivity contribution in [3.05, 3.63) is 68.9 Å². The van der Waals surface area contributed by atoms with Crippen molar-refractivity contribution < 1.29 is 9.59 Å². The van der Waals surface area contributed by atoms with Crippen LogP contribution in [0.2, 0.25) is 0 Å². The van der Waals surface area contributed by atoms with Gasteiger partial charge in [-0.1, -0.05) is 0 Å². The maximum absolute atomic E-state index is 12.2. The molecule has 2 aromatic rings. The van der Waals surface area contributed by atoms with Crippen LogP contribution in [0.4, 0.5) is 11.4 Å². The van der Waals surface area contributed by atoms with Crippen LogP contribution in [0.25, 0.3) is 0 Å². The number of hydrogen-bond acceptors (Lipinski definition) is 4. The van der Waals surface area contributed by atoms with E-state index in [1.54, 1.807) is 36.4 Å². The molecule has 0 bridgehead atoms. The van der Waals surface area contributed by atoms with Crippen LogP contribution in [-0.4, -0.2) is 11.8 Å². The van der Waals surface area contributed by atoms with E-state index in [1.165, 1.54) is 0 Å². The zero-order valence-corrected chi connectivity index (χ0v) is 15.5. The first-order valence-electron chi connectivity index (χ1n) is 7.25. The SMILES string of the molecule is Cc1cc(I)ccc1NC(=O)/C(C#N)=C\NC(=O)c1ccc(N)cc1. The molecule has 4 N–H and O–H groups in total. The largest absolute Gasteiger partial charge is 0.399 e. The zero-order chi connectivity index (χ0) is 18.4. The summed E-state index contributed by atoms with van der Waals surface area (Å²) in [5, 5.41) is 14.3. The van der Waals surface area contributed by atoms with E-state index < -0.39 is 11.8 Å². The molecular weight excluding hydrogens is 431 g/mol. The van der Waals surface area contributed by atoms with Gasteiger partial charge >= 0.3 is 0 Å². The molecular formula is C18H15IN4O2. The number of carbonyl (C=O) groups excluding carboxylic acids is 2. The first kappa shape index (κ1) is 18.5. The molecule has 7 heteroatoms. The Labute approximate surface area is 158 Å². The van der Waals surface area contributed by atoms with Crippen molar-refractivity contribution in [2.24, 2.45) is 0 Å². The smallest absolute Gasteiger partial charge is 0.267 e. The second kappa shape index (κ2) is 8.30. The number of benzene rings is 2. The summed E-state index contributed by atoms with van der Waals surface area (Å²) >= 11 is 2.17. The summed E-state index contributed by atoms with van der Waals surface area (Å²) in [6.07, 6.45) is 1.09. The molecule has 0 heterocycles. The predicted molar refractivity (Wildman–Crippen MR) is 105 cm³/mol. The molecule has 126 valence electrons. The van der Waals surface area contributed by atoms with Gasteiger partial charge in [0.25, 0.3) is 11.8 Å². The van der Waals surface area contributed by atoms with Crippen molar-refractivity contribution in [3.8, 4) is 6.07 Å². The molecule has 6 nitrogen and oxygen atoms in total. The fraction of sp³-hybridized carbons (Fsp3) is 0.0556. The summed E-state index contributed by atoms with van der Waals surface area (Å²) in [5.74, 6) is -1.03. The molecule has 0 aliphatic heterocycles. The standard InChI is InChI=1S/C18H15IN4O2/c1-11-8-14(19)4-7-16(11)23-18(25)13(9-20)10-22-17(24)12-2-5-15(21)6-3-12/h2-8,10H,21H2,1H3,(H,22,24)(H,23,25)/b13-10-. The Hall–Kier alpha value is -2.86. The summed E-state index contributed by atoms with van der Waals surface area (Å²) in [6, 6.07) is 13.6. The number of nitriles is 1. The molecule has 2 aromatic carbocycles. The number of nitrogens with one attached hydrogen (secondary N) is 2. The Morgan fingerprint density at radius 3 is 2.48 bits per heavy atom. The van der Waals surface area contributed by atoms with Gasteiger partial charge in [0.1, 0.15) is 11.6 Å². The van der Waals surface area contributed by atoms with Crippen LogP contribution in [0.1, 0.15) is 15.9 Å². The van der Waals surface area contributed by atoms with Gasteiger partial charge in [0.2, 0.25) is 0 Å². The molecule has 25 heavy (non-hydrogen) atoms. The normalized spacial score (nSPS) is 10.7. The topological polar surface area (TPSA) is 108 Å². The summed E-state index contributed by atoms with van der Waals surface area (Å²) in [7, 11) is 0. The minimum absolute atomic E-state index is 0.207. The molecule has 0 aliphatic rings. The van der Waals surface area contributed by atoms with E-state index in [0.29, 0.717) is 16.9 Å². The molecule has 2 rings (SSSR count). The lowest BCUT2D eigenvalue weighted by Gasteiger charge is -2.08. The molecule has 2 amide bonds. The number of aryl methyl sites for hydroxylation is 1. The first-order chi connectivity index (χ1) is 11.9. The van der Waals surface area contributed by atoms with Crippen molar-refractivity contribution in [1.29, 1.82) is 5.26 Å². The number of anilines is 2. The van der Waals surface area contributed by atoms with Crippen molar-refractivity contribution in [2.75, 3.05) is 11.1 Å². The van der Waals surface area contributed by atoms with Gasteiger partial charge < -0.3 is 16.4 Å². The zero-order valence-electron chi connectivity index (χ0n) is 13.3. The fourth-order valence-corrected chi connectivity index (χ4v) is 2.61. The predicted octanol–water partition coefficient (Wildman–Crippen LogP) is 2.96. The average molecular weight is 446 g/mol. The maximum Gasteiger partial charge on any atom is 0.267 e. The first-order valence-corrected chi connectivity index (χ1v) is 8.33. The number of halogens is 1. The van der Waals surface area contributed by atoms with Gasteiger partial charge in [0.05, 0.1) is 0 Å². The Balaban J connectivity index is 2.08. The lowest BCUT2D eigenvalue weighted by Crippen LogP contribution is -2.21. The highest BCUT2D eigenvalue weighted by Gasteiger charge is 2.12. The van der Waals surface area contributed by atoms with E-state index in [1.807, 2.05) is 19.1 Å². The maximum atomic E-state index is 12.2. The molecule has 0 spiro atoms. The highest BCUT2D eigenvalue weighted by atomic mass is 127. The molecule has 0 fully saturated rings. The quantitative estimate of drug-likeness (QED) is 0.291. The third kappa shape index (κ3) is 5.06. The number of nitrogens with two attached hydrogens (primary N) is 1. The van der Waals surface area contributed by atoms with Gasteiger partial charge in [-0.2, -0.15) is 5.26 Å². The second-order valence-electron chi connectivity index (χ2n) is 5.18. The highest BCUT2D eigenvalue weighted by Crippen LogP contribution is 2.18. The summed E-state index contributed by atoms with van der Waals surface area (Å²) < 4.78 is 1.04. The number of nitrogen functional groups attached to an aromatic ring is 1. The summed E-state index contributed by atoms with van der Waals surface area (Å²) in [4.78, 5) is 24.2. The third-order valence-electron chi connectivity index (χ3n) is 3.32. The summed E-state index contributed by atoms with van der Waals surface area (Å²) in [6.45, 7) is 1.86. The number of nitrogens with zero attached hydrogens (tertiary/aromatic N) is 1. The van der Waals surface area contributed by atoms with Gasteiger partial charge in [-0.05, 0) is 77.5 Å². The van der Waals surface area contributed by atoms with E-state index in [0.717, 1.165) is 15.3 Å². The van der Waals surface area contributed by atoms with Gasteiger partial charge in [0.15, 0.2) is 0 Å². The van der Waals surface area contributed by atoms with Crippen LogP contribution in [-0.2, 0) is 4.79 Å². The number of hydrogen-bond donors (Lipinski definition) is 3. The number of carbonyl (C=O) groups is 2. The minimum atomic E-state index is -0.593. The van der Waals surface area contributed by atoms with Gasteiger partial charge in [-0.25, -0.2) is 0 Å². The van der Waals surface area contributed by atoms with E-state index in [4.69, 9.17) is 11.0 Å². The van der Waals surface area contributed by atoms with Crippen LogP contribution in [0.3, 0.4) is 0 Å². The molecule has 0 saturated heterocycles. The lowest BCUT2D eigenvalue weighted by atomic mass is 10.2. The lowest BCUT2D eigenvalue weighted by molar-refractivity contribution is -0.112. The number of rotatable bonds is 4. The monoisotopic (exact) mass is 446 g/mol. The van der Waals surface area contributed by atoms with E-state index in [2.05, 4.69) is 33.2 Å².